The predicted octanol–water partition coefficient (Wildman–Crippen LogP) is 7.94. The zero-order chi connectivity index (χ0) is 32.5. The van der Waals surface area contributed by atoms with E-state index in [0.717, 1.165) is 55.5 Å². The van der Waals surface area contributed by atoms with Crippen LogP contribution in [-0.2, 0) is 24.1 Å². The third-order valence-electron chi connectivity index (χ3n) is 7.67. The van der Waals surface area contributed by atoms with E-state index in [1.54, 1.807) is 0 Å². The Morgan fingerprint density at radius 3 is 1.93 bits per heavy atom. The van der Waals surface area contributed by atoms with Crippen molar-refractivity contribution in [1.29, 1.82) is 0 Å². The minimum atomic E-state index is -3.29. The van der Waals surface area contributed by atoms with Crippen molar-refractivity contribution in [1.82, 2.24) is 4.90 Å². The summed E-state index contributed by atoms with van der Waals surface area (Å²) in [6.45, 7) is 4.70. The molecule has 0 bridgehead atoms. The van der Waals surface area contributed by atoms with Crippen LogP contribution in [0.3, 0.4) is 0 Å². The summed E-state index contributed by atoms with van der Waals surface area (Å²) in [5.74, 6) is 2.03. The van der Waals surface area contributed by atoms with E-state index in [-0.39, 0.29) is 13.0 Å². The lowest BCUT2D eigenvalue weighted by Gasteiger charge is -2.25. The summed E-state index contributed by atoms with van der Waals surface area (Å²) in [5.41, 5.74) is 3.40. The summed E-state index contributed by atoms with van der Waals surface area (Å²) >= 11 is 0. The topological polar surface area (TPSA) is 88.5 Å². The van der Waals surface area contributed by atoms with Gasteiger partial charge in [0.1, 0.15) is 36.6 Å². The molecular formula is C38H48NO6P. The summed E-state index contributed by atoms with van der Waals surface area (Å²) in [4.78, 5) is 12.5. The molecule has 0 aromatic heterocycles. The molecular weight excluding hydrogens is 597 g/mol. The van der Waals surface area contributed by atoms with Crippen LogP contribution >= 0.6 is 7.37 Å². The fourth-order valence-corrected chi connectivity index (χ4v) is 6.26. The van der Waals surface area contributed by atoms with Crippen molar-refractivity contribution in [3.05, 3.63) is 126 Å². The van der Waals surface area contributed by atoms with Gasteiger partial charge >= 0.3 is 0 Å². The summed E-state index contributed by atoms with van der Waals surface area (Å²) in [5, 5.41) is 10.9. The number of aliphatic hydroxyl groups excluding tert-OH is 1. The first-order valence-electron chi connectivity index (χ1n) is 16.2. The molecule has 0 amide bonds. The molecule has 0 aliphatic carbocycles. The Labute approximate surface area is 274 Å². The first-order valence-corrected chi connectivity index (χ1v) is 18.3. The van der Waals surface area contributed by atoms with E-state index >= 15 is 0 Å². The number of unbranched alkanes of at least 4 members (excludes halogenated alkanes) is 3. The maximum Gasteiger partial charge on any atom is 0.236 e. The number of aliphatic hydroxyl groups is 1. The van der Waals surface area contributed by atoms with Crippen LogP contribution in [0, 0.1) is 0 Å². The molecule has 2 atom stereocenters. The number of rotatable bonds is 21. The Morgan fingerprint density at radius 1 is 0.696 bits per heavy atom. The molecule has 0 heterocycles. The second-order valence-electron chi connectivity index (χ2n) is 11.7. The van der Waals surface area contributed by atoms with Gasteiger partial charge in [0.2, 0.25) is 7.37 Å². The van der Waals surface area contributed by atoms with Gasteiger partial charge in [0.05, 0.1) is 0 Å². The highest BCUT2D eigenvalue weighted by molar-refractivity contribution is 7.57. The van der Waals surface area contributed by atoms with Crippen molar-refractivity contribution in [2.45, 2.75) is 58.3 Å². The first-order chi connectivity index (χ1) is 22.4. The second kappa shape index (κ2) is 19.1. The standard InChI is InChI=1S/C38H48NO6P/c1-2-3-4-11-26-46(41,42)31-45-38-18-16-32(17-19-38)24-25-39(27-33-12-7-5-8-13-33)28-35(40)30-44-37-22-20-36(21-23-37)43-29-34-14-9-6-10-15-34/h5-10,12-23,35,40H,2-4,11,24-31H2,1H3,(H,41,42)/t35-/m0/s1. The average Bonchev–Trinajstić information content (AvgIpc) is 3.08. The van der Waals surface area contributed by atoms with Gasteiger partial charge in [-0.3, -0.25) is 9.46 Å². The molecule has 246 valence electrons. The van der Waals surface area contributed by atoms with Gasteiger partial charge in [0.15, 0.2) is 6.35 Å². The summed E-state index contributed by atoms with van der Waals surface area (Å²) < 4.78 is 29.9. The van der Waals surface area contributed by atoms with E-state index in [0.29, 0.717) is 37.4 Å². The van der Waals surface area contributed by atoms with Crippen molar-refractivity contribution in [2.75, 3.05) is 32.2 Å². The fourth-order valence-electron chi connectivity index (χ4n) is 5.06. The molecule has 8 heteroatoms. The number of hydrogen-bond acceptors (Lipinski definition) is 6. The molecule has 0 saturated carbocycles. The van der Waals surface area contributed by atoms with Crippen LogP contribution in [0.4, 0.5) is 0 Å². The van der Waals surface area contributed by atoms with Gasteiger partial charge in [0.25, 0.3) is 0 Å². The summed E-state index contributed by atoms with van der Waals surface area (Å²) in [7, 11) is -3.29. The second-order valence-corrected chi connectivity index (χ2v) is 14.1. The summed E-state index contributed by atoms with van der Waals surface area (Å²) in [6.07, 6.45) is 4.15. The van der Waals surface area contributed by atoms with Crippen molar-refractivity contribution in [3.8, 4) is 17.2 Å². The molecule has 0 radical (unpaired) electrons. The van der Waals surface area contributed by atoms with Crippen LogP contribution < -0.4 is 14.2 Å². The predicted molar refractivity (Wildman–Crippen MR) is 185 cm³/mol. The van der Waals surface area contributed by atoms with E-state index in [4.69, 9.17) is 14.2 Å². The lowest BCUT2D eigenvalue weighted by atomic mass is 10.1. The van der Waals surface area contributed by atoms with Crippen LogP contribution in [0.25, 0.3) is 0 Å². The van der Waals surface area contributed by atoms with Crippen LogP contribution in [0.2, 0.25) is 0 Å². The monoisotopic (exact) mass is 645 g/mol. The molecule has 46 heavy (non-hydrogen) atoms. The lowest BCUT2D eigenvalue weighted by molar-refractivity contribution is 0.0659. The van der Waals surface area contributed by atoms with Gasteiger partial charge in [-0.05, 0) is 65.9 Å². The molecule has 7 nitrogen and oxygen atoms in total. The molecule has 0 spiro atoms. The Balaban J connectivity index is 1.24. The molecule has 0 aliphatic heterocycles. The normalized spacial score (nSPS) is 13.2. The third-order valence-corrected chi connectivity index (χ3v) is 9.21. The number of ether oxygens (including phenoxy) is 3. The first kappa shape index (κ1) is 35.2. The van der Waals surface area contributed by atoms with Crippen molar-refractivity contribution in [2.24, 2.45) is 0 Å². The highest BCUT2D eigenvalue weighted by Gasteiger charge is 2.19. The van der Waals surface area contributed by atoms with Crippen molar-refractivity contribution in [3.63, 3.8) is 0 Å². The van der Waals surface area contributed by atoms with Crippen LogP contribution in [0.5, 0.6) is 17.2 Å². The molecule has 4 aromatic rings. The van der Waals surface area contributed by atoms with Crippen LogP contribution in [0.1, 0.15) is 49.3 Å². The van der Waals surface area contributed by atoms with E-state index in [1.165, 1.54) is 5.56 Å². The minimum Gasteiger partial charge on any atom is -0.491 e. The quantitative estimate of drug-likeness (QED) is 0.0703. The summed E-state index contributed by atoms with van der Waals surface area (Å²) in [6, 6.07) is 35.4. The highest BCUT2D eigenvalue weighted by atomic mass is 31.2. The molecule has 0 aliphatic rings. The molecule has 4 aromatic carbocycles. The van der Waals surface area contributed by atoms with Crippen molar-refractivity contribution >= 4 is 7.37 Å². The Hall–Kier alpha value is -3.61. The Kier molecular flexibility index (Phi) is 14.7. The van der Waals surface area contributed by atoms with Gasteiger partial charge in [0, 0.05) is 25.8 Å². The molecule has 0 saturated heterocycles. The Morgan fingerprint density at radius 2 is 1.28 bits per heavy atom. The van der Waals surface area contributed by atoms with E-state index < -0.39 is 13.5 Å². The maximum absolute atomic E-state index is 12.4. The van der Waals surface area contributed by atoms with E-state index in [1.807, 2.05) is 97.1 Å². The number of nitrogens with zero attached hydrogens (tertiary/aromatic N) is 1. The number of hydrogen-bond donors (Lipinski definition) is 2. The molecule has 2 N–H and O–H groups in total. The van der Waals surface area contributed by atoms with E-state index in [9.17, 15) is 14.6 Å². The largest absolute Gasteiger partial charge is 0.491 e. The van der Waals surface area contributed by atoms with Crippen molar-refractivity contribution < 1.29 is 28.8 Å². The maximum atomic E-state index is 12.4. The van der Waals surface area contributed by atoms with Gasteiger partial charge < -0.3 is 24.2 Å². The van der Waals surface area contributed by atoms with Gasteiger partial charge in [-0.1, -0.05) is 99.0 Å². The average molecular weight is 646 g/mol. The molecule has 0 fully saturated rings. The zero-order valence-corrected chi connectivity index (χ0v) is 27.8. The zero-order valence-electron chi connectivity index (χ0n) is 26.9. The van der Waals surface area contributed by atoms with Crippen LogP contribution in [0.15, 0.2) is 109 Å². The number of benzene rings is 4. The lowest BCUT2D eigenvalue weighted by Crippen LogP contribution is -2.36. The van der Waals surface area contributed by atoms with Gasteiger partial charge in [-0.15, -0.1) is 0 Å². The fraction of sp³-hybridized carbons (Fsp3) is 0.368. The molecule has 1 unspecified atom stereocenters. The Bertz CT molecular complexity index is 1430. The minimum absolute atomic E-state index is 0.157. The third kappa shape index (κ3) is 13.4. The highest BCUT2D eigenvalue weighted by Crippen LogP contribution is 2.41. The molecule has 4 rings (SSSR count). The smallest absolute Gasteiger partial charge is 0.236 e. The van der Waals surface area contributed by atoms with E-state index in [2.05, 4.69) is 24.0 Å². The van der Waals surface area contributed by atoms with Crippen LogP contribution in [-0.4, -0.2) is 53.2 Å². The van der Waals surface area contributed by atoms with Gasteiger partial charge in [-0.25, -0.2) is 0 Å². The van der Waals surface area contributed by atoms with Gasteiger partial charge in [-0.2, -0.15) is 0 Å². The SMILES string of the molecule is CCCCCCP(=O)(O)COc1ccc(CCN(Cc2ccccc2)C[C@H](O)COc2ccc(OCc3ccccc3)cc2)cc1.